The number of hydrogen-bond acceptors (Lipinski definition) is 1. The van der Waals surface area contributed by atoms with E-state index in [2.05, 4.69) is 13.0 Å². The van der Waals surface area contributed by atoms with Crippen LogP contribution in [0.4, 0.5) is 0 Å². The maximum Gasteiger partial charge on any atom is 0.112 e. The minimum absolute atomic E-state index is 0.252. The third-order valence-corrected chi connectivity index (χ3v) is 2.90. The molecule has 1 saturated carbocycles. The molecule has 0 N–H and O–H groups in total. The molecule has 11 heavy (non-hydrogen) atoms. The summed E-state index contributed by atoms with van der Waals surface area (Å²) in [7, 11) is 0. The smallest absolute Gasteiger partial charge is 0.112 e. The number of ether oxygens (including phenoxy) is 1. The van der Waals surface area contributed by atoms with Crippen LogP contribution in [0.15, 0.2) is 11.8 Å². The average molecular weight is 152 g/mol. The van der Waals surface area contributed by atoms with E-state index < -0.39 is 0 Å². The predicted octanol–water partition coefficient (Wildman–Crippen LogP) is 3.01. The van der Waals surface area contributed by atoms with Crippen LogP contribution in [0, 0.1) is 0 Å². The molecular weight excluding hydrogens is 136 g/mol. The lowest BCUT2D eigenvalue weighted by molar-refractivity contribution is -0.00527. The standard InChI is InChI=1S/C10H16O/c1-9-5-8-10(11-9)6-3-2-4-7-10/h5H,2-4,6-8H2,1H3. The molecule has 0 amide bonds. The van der Waals surface area contributed by atoms with Gasteiger partial charge >= 0.3 is 0 Å². The number of hydrogen-bond donors (Lipinski definition) is 0. The molecule has 0 saturated heterocycles. The summed E-state index contributed by atoms with van der Waals surface area (Å²) in [6.45, 7) is 2.07. The molecule has 1 heteroatoms. The Morgan fingerprint density at radius 1 is 1.27 bits per heavy atom. The Morgan fingerprint density at radius 3 is 2.55 bits per heavy atom. The van der Waals surface area contributed by atoms with E-state index in [1.165, 1.54) is 38.5 Å². The molecule has 1 nitrogen and oxygen atoms in total. The van der Waals surface area contributed by atoms with E-state index >= 15 is 0 Å². The van der Waals surface area contributed by atoms with Crippen LogP contribution in [-0.2, 0) is 4.74 Å². The van der Waals surface area contributed by atoms with E-state index in [-0.39, 0.29) is 5.60 Å². The Morgan fingerprint density at radius 2 is 2.00 bits per heavy atom. The van der Waals surface area contributed by atoms with Gasteiger partial charge in [-0.3, -0.25) is 0 Å². The van der Waals surface area contributed by atoms with Gasteiger partial charge < -0.3 is 4.74 Å². The fourth-order valence-electron chi connectivity index (χ4n) is 2.26. The van der Waals surface area contributed by atoms with Crippen LogP contribution in [0.5, 0.6) is 0 Å². The van der Waals surface area contributed by atoms with Crippen molar-refractivity contribution in [1.82, 2.24) is 0 Å². The van der Waals surface area contributed by atoms with Crippen LogP contribution in [0.25, 0.3) is 0 Å². The maximum atomic E-state index is 5.85. The fourth-order valence-corrected chi connectivity index (χ4v) is 2.26. The zero-order valence-electron chi connectivity index (χ0n) is 7.23. The predicted molar refractivity (Wildman–Crippen MR) is 45.3 cm³/mol. The molecule has 1 aliphatic carbocycles. The average Bonchev–Trinajstić information content (AvgIpc) is 2.34. The monoisotopic (exact) mass is 152 g/mol. The highest BCUT2D eigenvalue weighted by Crippen LogP contribution is 2.40. The zero-order chi connectivity index (χ0) is 7.73. The molecule has 2 aliphatic rings. The largest absolute Gasteiger partial charge is 0.492 e. The summed E-state index contributed by atoms with van der Waals surface area (Å²) in [5.74, 6) is 1.15. The summed E-state index contributed by atoms with van der Waals surface area (Å²) in [4.78, 5) is 0. The molecule has 1 heterocycles. The first-order valence-electron chi connectivity index (χ1n) is 4.67. The zero-order valence-corrected chi connectivity index (χ0v) is 7.23. The molecule has 1 aliphatic heterocycles. The molecule has 0 radical (unpaired) electrons. The van der Waals surface area contributed by atoms with E-state index in [4.69, 9.17) is 4.74 Å². The summed E-state index contributed by atoms with van der Waals surface area (Å²) in [6.07, 6.45) is 10.1. The van der Waals surface area contributed by atoms with Gasteiger partial charge in [-0.25, -0.2) is 0 Å². The Kier molecular flexibility index (Phi) is 1.67. The lowest BCUT2D eigenvalue weighted by atomic mass is 9.83. The van der Waals surface area contributed by atoms with Crippen molar-refractivity contribution in [3.8, 4) is 0 Å². The van der Waals surface area contributed by atoms with Crippen LogP contribution in [0.2, 0.25) is 0 Å². The van der Waals surface area contributed by atoms with Crippen molar-refractivity contribution in [3.63, 3.8) is 0 Å². The van der Waals surface area contributed by atoms with Crippen molar-refractivity contribution < 1.29 is 4.74 Å². The van der Waals surface area contributed by atoms with Gasteiger partial charge in [-0.2, -0.15) is 0 Å². The first-order chi connectivity index (χ1) is 5.31. The van der Waals surface area contributed by atoms with Gasteiger partial charge in [0.1, 0.15) is 5.60 Å². The van der Waals surface area contributed by atoms with Crippen molar-refractivity contribution in [3.05, 3.63) is 11.8 Å². The normalized spacial score (nSPS) is 28.3. The van der Waals surface area contributed by atoms with Crippen LogP contribution in [-0.4, -0.2) is 5.60 Å². The second-order valence-electron chi connectivity index (χ2n) is 3.86. The summed E-state index contributed by atoms with van der Waals surface area (Å²) >= 11 is 0. The Labute approximate surface area is 68.4 Å². The summed E-state index contributed by atoms with van der Waals surface area (Å²) in [6, 6.07) is 0. The van der Waals surface area contributed by atoms with E-state index in [0.717, 1.165) is 5.76 Å². The van der Waals surface area contributed by atoms with Gasteiger partial charge in [-0.1, -0.05) is 6.42 Å². The van der Waals surface area contributed by atoms with Gasteiger partial charge in [-0.05, 0) is 38.7 Å². The molecule has 2 rings (SSSR count). The number of allylic oxidation sites excluding steroid dienone is 1. The second kappa shape index (κ2) is 2.54. The van der Waals surface area contributed by atoms with Gasteiger partial charge in [0.15, 0.2) is 0 Å². The lowest BCUT2D eigenvalue weighted by Crippen LogP contribution is -2.30. The van der Waals surface area contributed by atoms with Crippen molar-refractivity contribution in [1.29, 1.82) is 0 Å². The molecule has 0 aromatic heterocycles. The molecule has 1 spiro atoms. The van der Waals surface area contributed by atoms with Gasteiger partial charge in [-0.15, -0.1) is 0 Å². The first-order valence-corrected chi connectivity index (χ1v) is 4.67. The van der Waals surface area contributed by atoms with Crippen LogP contribution in [0.1, 0.15) is 45.4 Å². The van der Waals surface area contributed by atoms with Gasteiger partial charge in [0, 0.05) is 6.42 Å². The highest BCUT2D eigenvalue weighted by atomic mass is 16.5. The Hall–Kier alpha value is -0.460. The summed E-state index contributed by atoms with van der Waals surface area (Å²) < 4.78 is 5.85. The summed E-state index contributed by atoms with van der Waals surface area (Å²) in [5.41, 5.74) is 0.252. The van der Waals surface area contributed by atoms with E-state index in [0.29, 0.717) is 0 Å². The van der Waals surface area contributed by atoms with E-state index in [1.54, 1.807) is 0 Å². The van der Waals surface area contributed by atoms with Gasteiger partial charge in [0.2, 0.25) is 0 Å². The van der Waals surface area contributed by atoms with Crippen molar-refractivity contribution >= 4 is 0 Å². The minimum Gasteiger partial charge on any atom is -0.492 e. The van der Waals surface area contributed by atoms with Crippen molar-refractivity contribution in [2.45, 2.75) is 51.0 Å². The molecule has 0 atom stereocenters. The van der Waals surface area contributed by atoms with Crippen LogP contribution in [0.3, 0.4) is 0 Å². The summed E-state index contributed by atoms with van der Waals surface area (Å²) in [5, 5.41) is 0. The van der Waals surface area contributed by atoms with Crippen molar-refractivity contribution in [2.75, 3.05) is 0 Å². The fraction of sp³-hybridized carbons (Fsp3) is 0.800. The third-order valence-electron chi connectivity index (χ3n) is 2.90. The molecule has 62 valence electrons. The Balaban J connectivity index is 2.01. The highest BCUT2D eigenvalue weighted by Gasteiger charge is 2.36. The lowest BCUT2D eigenvalue weighted by Gasteiger charge is -2.33. The molecule has 0 unspecified atom stereocenters. The first kappa shape index (κ1) is 7.20. The van der Waals surface area contributed by atoms with Crippen LogP contribution >= 0.6 is 0 Å². The van der Waals surface area contributed by atoms with Crippen LogP contribution < -0.4 is 0 Å². The van der Waals surface area contributed by atoms with Gasteiger partial charge in [0.05, 0.1) is 5.76 Å². The van der Waals surface area contributed by atoms with Gasteiger partial charge in [0.25, 0.3) is 0 Å². The molecular formula is C10H16O. The SMILES string of the molecule is CC1=CCC2(CCCCC2)O1. The third kappa shape index (κ3) is 1.29. The van der Waals surface area contributed by atoms with Crippen molar-refractivity contribution in [2.24, 2.45) is 0 Å². The molecule has 0 bridgehead atoms. The minimum atomic E-state index is 0.252. The highest BCUT2D eigenvalue weighted by molar-refractivity contribution is 5.06. The van der Waals surface area contributed by atoms with E-state index in [1.807, 2.05) is 0 Å². The molecule has 1 fully saturated rings. The quantitative estimate of drug-likeness (QED) is 0.518. The second-order valence-corrected chi connectivity index (χ2v) is 3.86. The number of rotatable bonds is 0. The molecule has 0 aromatic carbocycles. The topological polar surface area (TPSA) is 9.23 Å². The Bertz CT molecular complexity index is 175. The maximum absolute atomic E-state index is 5.85. The molecule has 0 aromatic rings. The van der Waals surface area contributed by atoms with E-state index in [9.17, 15) is 0 Å².